The molecule has 1 aromatic carbocycles. The molecule has 0 aliphatic rings. The van der Waals surface area contributed by atoms with Crippen molar-refractivity contribution in [3.8, 4) is 0 Å². The van der Waals surface area contributed by atoms with Gasteiger partial charge in [-0.2, -0.15) is 0 Å². The molecule has 0 radical (unpaired) electrons. The highest BCUT2D eigenvalue weighted by Gasteiger charge is 2.18. The SMILES string of the molecule is CCNCc1ccc(S(=O)(=O)NCc2cccc(Br)c2)o1. The molecule has 5 nitrogen and oxygen atoms in total. The Labute approximate surface area is 132 Å². The third-order valence-electron chi connectivity index (χ3n) is 2.81. The van der Waals surface area contributed by atoms with E-state index in [0.717, 1.165) is 16.6 Å². The molecule has 0 aliphatic carbocycles. The Bertz CT molecular complexity index is 698. The zero-order chi connectivity index (χ0) is 15.3. The van der Waals surface area contributed by atoms with E-state index >= 15 is 0 Å². The second-order valence-electron chi connectivity index (χ2n) is 4.46. The van der Waals surface area contributed by atoms with Crippen LogP contribution in [0.4, 0.5) is 0 Å². The van der Waals surface area contributed by atoms with E-state index in [1.165, 1.54) is 6.07 Å². The number of benzene rings is 1. The fourth-order valence-electron chi connectivity index (χ4n) is 1.74. The summed E-state index contributed by atoms with van der Waals surface area (Å²) in [4.78, 5) is 0. The molecule has 0 saturated heterocycles. The second kappa shape index (κ2) is 7.22. The molecule has 114 valence electrons. The van der Waals surface area contributed by atoms with Crippen LogP contribution in [0.25, 0.3) is 0 Å². The van der Waals surface area contributed by atoms with Gasteiger partial charge in [0.15, 0.2) is 0 Å². The monoisotopic (exact) mass is 372 g/mol. The number of nitrogens with one attached hydrogen (secondary N) is 2. The van der Waals surface area contributed by atoms with Crippen LogP contribution in [0.5, 0.6) is 0 Å². The molecule has 2 rings (SSSR count). The lowest BCUT2D eigenvalue weighted by Gasteiger charge is -2.05. The number of hydrogen-bond donors (Lipinski definition) is 2. The predicted molar refractivity (Wildman–Crippen MR) is 84.3 cm³/mol. The molecule has 0 saturated carbocycles. The van der Waals surface area contributed by atoms with Crippen LogP contribution in [0.15, 0.2) is 50.4 Å². The van der Waals surface area contributed by atoms with Crippen LogP contribution < -0.4 is 10.0 Å². The highest BCUT2D eigenvalue weighted by atomic mass is 79.9. The first-order valence-electron chi connectivity index (χ1n) is 6.55. The van der Waals surface area contributed by atoms with Crippen LogP contribution in [0.3, 0.4) is 0 Å². The Morgan fingerprint density at radius 1 is 1.19 bits per heavy atom. The summed E-state index contributed by atoms with van der Waals surface area (Å²) in [5.74, 6) is 0.597. The summed E-state index contributed by atoms with van der Waals surface area (Å²) in [6.07, 6.45) is 0. The lowest BCUT2D eigenvalue weighted by atomic mass is 10.2. The maximum Gasteiger partial charge on any atom is 0.274 e. The van der Waals surface area contributed by atoms with Crippen LogP contribution in [-0.2, 0) is 23.1 Å². The summed E-state index contributed by atoms with van der Waals surface area (Å²) < 4.78 is 33.1. The van der Waals surface area contributed by atoms with Gasteiger partial charge in [0.1, 0.15) is 5.76 Å². The van der Waals surface area contributed by atoms with Gasteiger partial charge in [0, 0.05) is 11.0 Å². The first-order chi connectivity index (χ1) is 10.0. The zero-order valence-corrected chi connectivity index (χ0v) is 14.0. The first-order valence-corrected chi connectivity index (χ1v) is 8.82. The summed E-state index contributed by atoms with van der Waals surface area (Å²) in [5, 5.41) is 3.01. The zero-order valence-electron chi connectivity index (χ0n) is 11.6. The Morgan fingerprint density at radius 3 is 2.71 bits per heavy atom. The largest absolute Gasteiger partial charge is 0.447 e. The fraction of sp³-hybridized carbons (Fsp3) is 0.286. The highest BCUT2D eigenvalue weighted by Crippen LogP contribution is 2.15. The Hall–Kier alpha value is -1.15. The summed E-state index contributed by atoms with van der Waals surface area (Å²) >= 11 is 3.35. The van der Waals surface area contributed by atoms with Crippen molar-refractivity contribution in [3.63, 3.8) is 0 Å². The predicted octanol–water partition coefficient (Wildman–Crippen LogP) is 2.63. The first kappa shape index (κ1) is 16.2. The summed E-state index contributed by atoms with van der Waals surface area (Å²) in [5.41, 5.74) is 0.868. The molecule has 7 heteroatoms. The minimum absolute atomic E-state index is 0.0644. The number of furan rings is 1. The standard InChI is InChI=1S/C14H17BrN2O3S/c1-2-16-10-13-6-7-14(20-13)21(18,19)17-9-11-4-3-5-12(15)8-11/h3-8,16-17H,2,9-10H2,1H3. The van der Waals surface area contributed by atoms with Gasteiger partial charge < -0.3 is 9.73 Å². The molecule has 1 heterocycles. The van der Waals surface area contributed by atoms with Gasteiger partial charge >= 0.3 is 0 Å². The molecule has 0 bridgehead atoms. The van der Waals surface area contributed by atoms with Crippen molar-refractivity contribution in [3.05, 3.63) is 52.2 Å². The van der Waals surface area contributed by atoms with Crippen molar-refractivity contribution in [2.45, 2.75) is 25.1 Å². The summed E-state index contributed by atoms with van der Waals surface area (Å²) in [7, 11) is -3.64. The van der Waals surface area contributed by atoms with Gasteiger partial charge in [-0.15, -0.1) is 0 Å². The van der Waals surface area contributed by atoms with Crippen LogP contribution in [0, 0.1) is 0 Å². The Kier molecular flexibility index (Phi) is 5.58. The van der Waals surface area contributed by atoms with Crippen molar-refractivity contribution in [2.75, 3.05) is 6.54 Å². The van der Waals surface area contributed by atoms with Gasteiger partial charge in [-0.05, 0) is 36.4 Å². The molecule has 0 spiro atoms. The molecule has 0 aliphatic heterocycles. The third-order valence-corrected chi connectivity index (χ3v) is 4.57. The molecule has 0 atom stereocenters. The van der Waals surface area contributed by atoms with Crippen molar-refractivity contribution in [1.29, 1.82) is 0 Å². The van der Waals surface area contributed by atoms with Crippen LogP contribution in [0.2, 0.25) is 0 Å². The van der Waals surface area contributed by atoms with E-state index in [0.29, 0.717) is 12.3 Å². The molecular formula is C14H17BrN2O3S. The van der Waals surface area contributed by atoms with E-state index in [1.807, 2.05) is 31.2 Å². The fourth-order valence-corrected chi connectivity index (χ4v) is 3.15. The van der Waals surface area contributed by atoms with Crippen LogP contribution in [0.1, 0.15) is 18.2 Å². The third kappa shape index (κ3) is 4.67. The molecule has 0 unspecified atom stereocenters. The van der Waals surface area contributed by atoms with E-state index in [4.69, 9.17) is 4.42 Å². The average molecular weight is 373 g/mol. The molecule has 1 aromatic heterocycles. The maximum atomic E-state index is 12.1. The minimum Gasteiger partial charge on any atom is -0.447 e. The minimum atomic E-state index is -3.64. The smallest absolute Gasteiger partial charge is 0.274 e. The van der Waals surface area contributed by atoms with Crippen molar-refractivity contribution < 1.29 is 12.8 Å². The van der Waals surface area contributed by atoms with Gasteiger partial charge in [0.2, 0.25) is 5.09 Å². The van der Waals surface area contributed by atoms with Gasteiger partial charge in [0.05, 0.1) is 6.54 Å². The van der Waals surface area contributed by atoms with Crippen LogP contribution >= 0.6 is 15.9 Å². The Morgan fingerprint density at radius 2 is 2.00 bits per heavy atom. The van der Waals surface area contributed by atoms with E-state index in [-0.39, 0.29) is 11.6 Å². The topological polar surface area (TPSA) is 71.3 Å². The highest BCUT2D eigenvalue weighted by molar-refractivity contribution is 9.10. The molecule has 0 amide bonds. The summed E-state index contributed by atoms with van der Waals surface area (Å²) in [6, 6.07) is 10.6. The number of hydrogen-bond acceptors (Lipinski definition) is 4. The average Bonchev–Trinajstić information content (AvgIpc) is 2.93. The lowest BCUT2D eigenvalue weighted by molar-refractivity contribution is 0.401. The summed E-state index contributed by atoms with van der Waals surface area (Å²) in [6.45, 7) is 3.49. The van der Waals surface area contributed by atoms with Crippen molar-refractivity contribution in [1.82, 2.24) is 10.0 Å². The normalized spacial score (nSPS) is 11.7. The van der Waals surface area contributed by atoms with Crippen LogP contribution in [-0.4, -0.2) is 15.0 Å². The van der Waals surface area contributed by atoms with Crippen molar-refractivity contribution in [2.24, 2.45) is 0 Å². The van der Waals surface area contributed by atoms with Gasteiger partial charge in [0.25, 0.3) is 10.0 Å². The van der Waals surface area contributed by atoms with Gasteiger partial charge in [-0.25, -0.2) is 13.1 Å². The number of rotatable bonds is 7. The second-order valence-corrected chi connectivity index (χ2v) is 7.07. The van der Waals surface area contributed by atoms with E-state index in [2.05, 4.69) is 26.0 Å². The molecule has 21 heavy (non-hydrogen) atoms. The van der Waals surface area contributed by atoms with E-state index in [9.17, 15) is 8.42 Å². The molecular weight excluding hydrogens is 356 g/mol. The Balaban J connectivity index is 2.02. The van der Waals surface area contributed by atoms with E-state index in [1.54, 1.807) is 6.07 Å². The molecule has 2 aromatic rings. The molecule has 2 N–H and O–H groups in total. The van der Waals surface area contributed by atoms with Crippen molar-refractivity contribution >= 4 is 26.0 Å². The van der Waals surface area contributed by atoms with Gasteiger partial charge in [-0.1, -0.05) is 35.0 Å². The number of halogens is 1. The maximum absolute atomic E-state index is 12.1. The number of sulfonamides is 1. The van der Waals surface area contributed by atoms with E-state index < -0.39 is 10.0 Å². The van der Waals surface area contributed by atoms with Gasteiger partial charge in [-0.3, -0.25) is 0 Å². The lowest BCUT2D eigenvalue weighted by Crippen LogP contribution is -2.22. The quantitative estimate of drug-likeness (QED) is 0.783. The molecule has 0 fully saturated rings.